The van der Waals surface area contributed by atoms with Crippen molar-refractivity contribution in [2.24, 2.45) is 0 Å². The molecule has 0 aromatic carbocycles. The summed E-state index contributed by atoms with van der Waals surface area (Å²) in [4.78, 5) is 22.0. The molecule has 2 aliphatic rings. The van der Waals surface area contributed by atoms with Gasteiger partial charge in [-0.15, -0.1) is 0 Å². The molecule has 0 aromatic rings. The molecule has 0 saturated carbocycles. The summed E-state index contributed by atoms with van der Waals surface area (Å²) in [6.07, 6.45) is 0.623. The minimum absolute atomic E-state index is 0.122. The first-order chi connectivity index (χ1) is 5.74. The molecule has 1 saturated heterocycles. The second-order valence-electron chi connectivity index (χ2n) is 2.70. The molecule has 2 atom stereocenters. The number of esters is 1. The summed E-state index contributed by atoms with van der Waals surface area (Å²) in [6, 6.07) is 0. The highest BCUT2D eigenvalue weighted by molar-refractivity contribution is 6.09. The normalized spacial score (nSPS) is 31.1. The first-order valence-corrected chi connectivity index (χ1v) is 3.82. The van der Waals surface area contributed by atoms with Gasteiger partial charge in [0.15, 0.2) is 11.9 Å². The fraction of sp³-hybridized carbons (Fsp3) is 0.500. The van der Waals surface area contributed by atoms with Crippen molar-refractivity contribution in [3.63, 3.8) is 0 Å². The maximum atomic E-state index is 11.1. The van der Waals surface area contributed by atoms with Gasteiger partial charge in [0.25, 0.3) is 0 Å². The van der Waals surface area contributed by atoms with Crippen molar-refractivity contribution in [1.82, 2.24) is 0 Å². The number of rotatable bonds is 2. The molecule has 12 heavy (non-hydrogen) atoms. The van der Waals surface area contributed by atoms with Crippen LogP contribution in [0.4, 0.5) is 0 Å². The minimum atomic E-state index is -0.434. The van der Waals surface area contributed by atoms with Gasteiger partial charge in [-0.25, -0.2) is 4.79 Å². The molecule has 0 N–H and O–H groups in total. The summed E-state index contributed by atoms with van der Waals surface area (Å²) >= 11 is 0. The SMILES string of the molecule is CCOC(=O)C1=CC(=O)[C@@H]2O[C@H]12. The molecule has 0 bridgehead atoms. The van der Waals surface area contributed by atoms with Crippen LogP contribution in [0.3, 0.4) is 0 Å². The van der Waals surface area contributed by atoms with E-state index in [-0.39, 0.29) is 18.0 Å². The van der Waals surface area contributed by atoms with Crippen molar-refractivity contribution in [2.75, 3.05) is 6.61 Å². The number of carbonyl (C=O) groups is 2. The van der Waals surface area contributed by atoms with Crippen LogP contribution in [-0.4, -0.2) is 30.6 Å². The number of fused-ring (bicyclic) bond motifs is 1. The van der Waals surface area contributed by atoms with Crippen LogP contribution < -0.4 is 0 Å². The Morgan fingerprint density at radius 2 is 2.42 bits per heavy atom. The Balaban J connectivity index is 2.10. The molecule has 0 spiro atoms. The van der Waals surface area contributed by atoms with Crippen molar-refractivity contribution in [3.05, 3.63) is 11.6 Å². The molecule has 1 aliphatic carbocycles. The molecule has 1 fully saturated rings. The Labute approximate surface area is 69.1 Å². The van der Waals surface area contributed by atoms with E-state index >= 15 is 0 Å². The Hall–Kier alpha value is -1.16. The van der Waals surface area contributed by atoms with Crippen molar-refractivity contribution in [3.8, 4) is 0 Å². The number of carbonyl (C=O) groups excluding carboxylic acids is 2. The Bertz CT molecular complexity index is 279. The highest BCUT2D eigenvalue weighted by Gasteiger charge is 2.54. The maximum absolute atomic E-state index is 11.1. The molecule has 64 valence electrons. The number of ether oxygens (including phenoxy) is 2. The molecular formula is C8H8O4. The average Bonchev–Trinajstić information content (AvgIpc) is 2.74. The molecule has 0 amide bonds. The topological polar surface area (TPSA) is 55.9 Å². The van der Waals surface area contributed by atoms with E-state index in [1.807, 2.05) is 0 Å². The summed E-state index contributed by atoms with van der Waals surface area (Å²) < 4.78 is 9.66. The minimum Gasteiger partial charge on any atom is -0.463 e. The highest BCUT2D eigenvalue weighted by atomic mass is 16.6. The Morgan fingerprint density at radius 3 is 2.83 bits per heavy atom. The highest BCUT2D eigenvalue weighted by Crippen LogP contribution is 2.36. The molecular weight excluding hydrogens is 160 g/mol. The lowest BCUT2D eigenvalue weighted by Gasteiger charge is -2.00. The van der Waals surface area contributed by atoms with E-state index in [1.165, 1.54) is 6.08 Å². The summed E-state index contributed by atoms with van der Waals surface area (Å²) in [5.74, 6) is -0.557. The third kappa shape index (κ3) is 0.956. The van der Waals surface area contributed by atoms with Crippen LogP contribution in [0.1, 0.15) is 6.92 Å². The third-order valence-electron chi connectivity index (χ3n) is 1.89. The molecule has 0 unspecified atom stereocenters. The zero-order chi connectivity index (χ0) is 8.72. The molecule has 2 rings (SSSR count). The van der Waals surface area contributed by atoms with Crippen LogP contribution in [0.2, 0.25) is 0 Å². The molecule has 1 aliphatic heterocycles. The van der Waals surface area contributed by atoms with E-state index in [1.54, 1.807) is 6.92 Å². The van der Waals surface area contributed by atoms with Gasteiger partial charge in [-0.1, -0.05) is 0 Å². The predicted molar refractivity (Wildman–Crippen MR) is 38.4 cm³/mol. The molecule has 0 radical (unpaired) electrons. The molecule has 4 heteroatoms. The van der Waals surface area contributed by atoms with Crippen LogP contribution in [0.5, 0.6) is 0 Å². The van der Waals surface area contributed by atoms with Gasteiger partial charge in [0.05, 0.1) is 12.2 Å². The van der Waals surface area contributed by atoms with Crippen molar-refractivity contribution >= 4 is 11.8 Å². The predicted octanol–water partition coefficient (Wildman–Crippen LogP) is -0.174. The Kier molecular flexibility index (Phi) is 1.51. The standard InChI is InChI=1S/C8H8O4/c1-2-11-8(10)4-3-5(9)7-6(4)12-7/h3,6-7H,2H2,1H3/t6-,7+/m1/s1. The smallest absolute Gasteiger partial charge is 0.336 e. The lowest BCUT2D eigenvalue weighted by Crippen LogP contribution is -2.10. The number of epoxide rings is 1. The van der Waals surface area contributed by atoms with Gasteiger partial charge in [-0.3, -0.25) is 4.79 Å². The zero-order valence-electron chi connectivity index (χ0n) is 6.57. The second kappa shape index (κ2) is 2.42. The first-order valence-electron chi connectivity index (χ1n) is 3.82. The molecule has 1 heterocycles. The van der Waals surface area contributed by atoms with Gasteiger partial charge >= 0.3 is 5.97 Å². The third-order valence-corrected chi connectivity index (χ3v) is 1.89. The van der Waals surface area contributed by atoms with Crippen LogP contribution in [0, 0.1) is 0 Å². The fourth-order valence-electron chi connectivity index (χ4n) is 1.27. The van der Waals surface area contributed by atoms with Gasteiger partial charge in [0.1, 0.15) is 6.10 Å². The van der Waals surface area contributed by atoms with Gasteiger partial charge in [0, 0.05) is 0 Å². The quantitative estimate of drug-likeness (QED) is 0.424. The fourth-order valence-corrected chi connectivity index (χ4v) is 1.27. The summed E-state index contributed by atoms with van der Waals surface area (Å²) in [5, 5.41) is 0. The number of hydrogen-bond donors (Lipinski definition) is 0. The van der Waals surface area contributed by atoms with Crippen LogP contribution in [-0.2, 0) is 19.1 Å². The van der Waals surface area contributed by atoms with Crippen LogP contribution >= 0.6 is 0 Å². The molecule has 4 nitrogen and oxygen atoms in total. The number of hydrogen-bond acceptors (Lipinski definition) is 4. The molecule has 0 aromatic heterocycles. The first kappa shape index (κ1) is 7.49. The second-order valence-corrected chi connectivity index (χ2v) is 2.70. The van der Waals surface area contributed by atoms with E-state index in [9.17, 15) is 9.59 Å². The summed E-state index contributed by atoms with van der Waals surface area (Å²) in [7, 11) is 0. The van der Waals surface area contributed by atoms with E-state index < -0.39 is 5.97 Å². The average molecular weight is 168 g/mol. The Morgan fingerprint density at radius 1 is 1.67 bits per heavy atom. The lowest BCUT2D eigenvalue weighted by atomic mass is 10.2. The van der Waals surface area contributed by atoms with Gasteiger partial charge < -0.3 is 9.47 Å². The van der Waals surface area contributed by atoms with Crippen molar-refractivity contribution in [2.45, 2.75) is 19.1 Å². The van der Waals surface area contributed by atoms with Crippen molar-refractivity contribution < 1.29 is 19.1 Å². The van der Waals surface area contributed by atoms with E-state index in [2.05, 4.69) is 0 Å². The van der Waals surface area contributed by atoms with Gasteiger partial charge in [-0.2, -0.15) is 0 Å². The van der Waals surface area contributed by atoms with E-state index in [0.29, 0.717) is 12.2 Å². The van der Waals surface area contributed by atoms with Gasteiger partial charge in [-0.05, 0) is 13.0 Å². The van der Waals surface area contributed by atoms with E-state index in [0.717, 1.165) is 0 Å². The van der Waals surface area contributed by atoms with Crippen LogP contribution in [0.15, 0.2) is 11.6 Å². The monoisotopic (exact) mass is 168 g/mol. The summed E-state index contributed by atoms with van der Waals surface area (Å²) in [5.41, 5.74) is 0.367. The van der Waals surface area contributed by atoms with Crippen molar-refractivity contribution in [1.29, 1.82) is 0 Å². The zero-order valence-corrected chi connectivity index (χ0v) is 6.57. The summed E-state index contributed by atoms with van der Waals surface area (Å²) in [6.45, 7) is 2.04. The maximum Gasteiger partial charge on any atom is 0.336 e. The van der Waals surface area contributed by atoms with Gasteiger partial charge in [0.2, 0.25) is 0 Å². The number of ketones is 1. The van der Waals surface area contributed by atoms with E-state index in [4.69, 9.17) is 9.47 Å². The largest absolute Gasteiger partial charge is 0.463 e. The van der Waals surface area contributed by atoms with Crippen LogP contribution in [0.25, 0.3) is 0 Å². The lowest BCUT2D eigenvalue weighted by molar-refractivity contribution is -0.139.